The fourth-order valence-corrected chi connectivity index (χ4v) is 2.10. The van der Waals surface area contributed by atoms with Crippen molar-refractivity contribution in [3.8, 4) is 0 Å². The lowest BCUT2D eigenvalue weighted by atomic mass is 10.3. The van der Waals surface area contributed by atoms with E-state index in [1.54, 1.807) is 0 Å². The van der Waals surface area contributed by atoms with E-state index in [1.807, 2.05) is 35.8 Å². The molecule has 2 aromatic rings. The highest BCUT2D eigenvalue weighted by molar-refractivity contribution is 5.85. The molecule has 0 atom stereocenters. The van der Waals surface area contributed by atoms with Crippen molar-refractivity contribution in [1.29, 1.82) is 0 Å². The van der Waals surface area contributed by atoms with E-state index in [0.29, 0.717) is 13.1 Å². The van der Waals surface area contributed by atoms with Crippen molar-refractivity contribution in [2.45, 2.75) is 13.5 Å². The van der Waals surface area contributed by atoms with Gasteiger partial charge in [0.2, 0.25) is 11.8 Å². The number of hydrogen-bond donors (Lipinski definition) is 3. The zero-order valence-electron chi connectivity index (χ0n) is 11.9. The first-order valence-electron chi connectivity index (χ1n) is 6.77. The van der Waals surface area contributed by atoms with E-state index in [4.69, 9.17) is 5.73 Å². The summed E-state index contributed by atoms with van der Waals surface area (Å²) in [5.74, 6) is 0.322. The predicted molar refractivity (Wildman–Crippen MR) is 79.5 cm³/mol. The molecule has 1 aromatic heterocycles. The van der Waals surface area contributed by atoms with E-state index in [1.165, 1.54) is 0 Å². The molecule has 0 aliphatic carbocycles. The summed E-state index contributed by atoms with van der Waals surface area (Å²) in [4.78, 5) is 26.9. The lowest BCUT2D eigenvalue weighted by Crippen LogP contribution is -2.40. The summed E-state index contributed by atoms with van der Waals surface area (Å²) in [6.07, 6.45) is 0. The number of nitrogens with two attached hydrogens (primary N) is 1. The highest BCUT2D eigenvalue weighted by Gasteiger charge is 2.07. The molecule has 7 heteroatoms. The minimum absolute atomic E-state index is 0.0559. The molecule has 7 nitrogen and oxygen atoms in total. The number of amides is 2. The Morgan fingerprint density at radius 3 is 2.76 bits per heavy atom. The van der Waals surface area contributed by atoms with Gasteiger partial charge in [-0.3, -0.25) is 9.59 Å². The lowest BCUT2D eigenvalue weighted by Gasteiger charge is -2.09. The molecule has 21 heavy (non-hydrogen) atoms. The minimum Gasteiger partial charge on any atom is -0.353 e. The van der Waals surface area contributed by atoms with Crippen molar-refractivity contribution in [3.05, 3.63) is 30.1 Å². The molecule has 0 spiro atoms. The molecule has 0 fully saturated rings. The second-order valence-corrected chi connectivity index (χ2v) is 4.63. The van der Waals surface area contributed by atoms with Crippen LogP contribution in [0.25, 0.3) is 11.0 Å². The quantitative estimate of drug-likeness (QED) is 0.669. The molecule has 0 radical (unpaired) electrons. The lowest BCUT2D eigenvalue weighted by molar-refractivity contribution is -0.125. The molecule has 112 valence electrons. The van der Waals surface area contributed by atoms with Gasteiger partial charge in [0.25, 0.3) is 0 Å². The van der Waals surface area contributed by atoms with Crippen LogP contribution in [0.15, 0.2) is 24.3 Å². The van der Waals surface area contributed by atoms with E-state index >= 15 is 0 Å². The monoisotopic (exact) mass is 289 g/mol. The van der Waals surface area contributed by atoms with E-state index in [-0.39, 0.29) is 24.9 Å². The van der Waals surface area contributed by atoms with E-state index in [0.717, 1.165) is 16.9 Å². The average molecular weight is 289 g/mol. The number of fused-ring (bicyclic) bond motifs is 1. The predicted octanol–water partition coefficient (Wildman–Crippen LogP) is -0.464. The third-order valence-corrected chi connectivity index (χ3v) is 3.13. The maximum atomic E-state index is 11.5. The summed E-state index contributed by atoms with van der Waals surface area (Å²) in [5.41, 5.74) is 7.12. The number of aromatic nitrogens is 2. The van der Waals surface area contributed by atoms with Crippen LogP contribution >= 0.6 is 0 Å². The molecule has 0 aliphatic heterocycles. The summed E-state index contributed by atoms with van der Waals surface area (Å²) in [6, 6.07) is 7.86. The summed E-state index contributed by atoms with van der Waals surface area (Å²) in [6.45, 7) is 2.86. The van der Waals surface area contributed by atoms with Crippen molar-refractivity contribution in [1.82, 2.24) is 20.2 Å². The van der Waals surface area contributed by atoms with Gasteiger partial charge in [0.05, 0.1) is 24.1 Å². The van der Waals surface area contributed by atoms with Crippen LogP contribution in [-0.2, 0) is 16.1 Å². The van der Waals surface area contributed by atoms with Crippen molar-refractivity contribution >= 4 is 22.8 Å². The Morgan fingerprint density at radius 1 is 1.24 bits per heavy atom. The van der Waals surface area contributed by atoms with Gasteiger partial charge in [-0.2, -0.15) is 0 Å². The molecule has 0 unspecified atom stereocenters. The first kappa shape index (κ1) is 15.0. The summed E-state index contributed by atoms with van der Waals surface area (Å²) >= 11 is 0. The van der Waals surface area contributed by atoms with Crippen LogP contribution in [0.5, 0.6) is 0 Å². The Hall–Kier alpha value is -2.41. The molecular formula is C14H19N5O2. The van der Waals surface area contributed by atoms with Crippen LogP contribution in [0.2, 0.25) is 0 Å². The maximum absolute atomic E-state index is 11.5. The molecule has 2 rings (SSSR count). The van der Waals surface area contributed by atoms with E-state index in [2.05, 4.69) is 15.6 Å². The van der Waals surface area contributed by atoms with Gasteiger partial charge in [-0.15, -0.1) is 0 Å². The van der Waals surface area contributed by atoms with Gasteiger partial charge < -0.3 is 20.9 Å². The number of carbonyl (C=O) groups is 2. The summed E-state index contributed by atoms with van der Waals surface area (Å²) < 4.78 is 2.05. The number of rotatable bonds is 6. The normalized spacial score (nSPS) is 10.6. The van der Waals surface area contributed by atoms with Gasteiger partial charge in [-0.05, 0) is 19.1 Å². The van der Waals surface area contributed by atoms with Crippen LogP contribution in [0.4, 0.5) is 0 Å². The first-order valence-corrected chi connectivity index (χ1v) is 6.77. The number of nitrogens with one attached hydrogen (secondary N) is 2. The van der Waals surface area contributed by atoms with Crippen LogP contribution in [0, 0.1) is 6.92 Å². The number of aryl methyl sites for hydroxylation is 1. The van der Waals surface area contributed by atoms with Gasteiger partial charge in [0.15, 0.2) is 0 Å². The number of imidazole rings is 1. The van der Waals surface area contributed by atoms with E-state index < -0.39 is 0 Å². The smallest absolute Gasteiger partial charge is 0.239 e. The highest BCUT2D eigenvalue weighted by atomic mass is 16.2. The third-order valence-electron chi connectivity index (χ3n) is 3.13. The number of benzene rings is 1. The van der Waals surface area contributed by atoms with Crippen LogP contribution in [-0.4, -0.2) is 41.0 Å². The largest absolute Gasteiger partial charge is 0.353 e. The number of para-hydroxylation sites is 2. The highest BCUT2D eigenvalue weighted by Crippen LogP contribution is 2.14. The van der Waals surface area contributed by atoms with Crippen molar-refractivity contribution in [3.63, 3.8) is 0 Å². The van der Waals surface area contributed by atoms with Crippen LogP contribution < -0.4 is 16.4 Å². The Labute approximate surface area is 122 Å². The SMILES string of the molecule is Cc1nc2ccccc2n1CCNC(=O)CNC(=O)CN. The fourth-order valence-electron chi connectivity index (χ4n) is 2.10. The molecule has 1 aromatic carbocycles. The second-order valence-electron chi connectivity index (χ2n) is 4.63. The third kappa shape index (κ3) is 3.79. The zero-order valence-corrected chi connectivity index (χ0v) is 11.9. The Bertz CT molecular complexity index is 650. The summed E-state index contributed by atoms with van der Waals surface area (Å²) in [5, 5.41) is 5.17. The fraction of sp³-hybridized carbons (Fsp3) is 0.357. The Morgan fingerprint density at radius 2 is 2.00 bits per heavy atom. The second kappa shape index (κ2) is 6.85. The standard InChI is InChI=1S/C14H19N5O2/c1-10-18-11-4-2-3-5-12(11)19(10)7-6-16-14(21)9-17-13(20)8-15/h2-5H,6-9,15H2,1H3,(H,16,21)(H,17,20). The molecule has 4 N–H and O–H groups in total. The Kier molecular flexibility index (Phi) is 4.89. The molecule has 1 heterocycles. The van der Waals surface area contributed by atoms with Gasteiger partial charge in [-0.25, -0.2) is 4.98 Å². The van der Waals surface area contributed by atoms with Gasteiger partial charge in [-0.1, -0.05) is 12.1 Å². The number of carbonyl (C=O) groups excluding carboxylic acids is 2. The molecular weight excluding hydrogens is 270 g/mol. The average Bonchev–Trinajstić information content (AvgIpc) is 2.81. The molecule has 0 bridgehead atoms. The van der Waals surface area contributed by atoms with Crippen molar-refractivity contribution in [2.24, 2.45) is 5.73 Å². The Balaban J connectivity index is 1.86. The van der Waals surface area contributed by atoms with Gasteiger partial charge in [0.1, 0.15) is 5.82 Å². The zero-order chi connectivity index (χ0) is 15.2. The van der Waals surface area contributed by atoms with Crippen LogP contribution in [0.3, 0.4) is 0 Å². The summed E-state index contributed by atoms with van der Waals surface area (Å²) in [7, 11) is 0. The molecule has 0 saturated heterocycles. The number of nitrogens with zero attached hydrogens (tertiary/aromatic N) is 2. The van der Waals surface area contributed by atoms with Crippen molar-refractivity contribution < 1.29 is 9.59 Å². The minimum atomic E-state index is -0.346. The first-order chi connectivity index (χ1) is 10.1. The van der Waals surface area contributed by atoms with E-state index in [9.17, 15) is 9.59 Å². The molecule has 2 amide bonds. The van der Waals surface area contributed by atoms with Gasteiger partial charge in [0, 0.05) is 13.1 Å². The van der Waals surface area contributed by atoms with Crippen molar-refractivity contribution in [2.75, 3.05) is 19.6 Å². The molecule has 0 saturated carbocycles. The maximum Gasteiger partial charge on any atom is 0.239 e. The number of hydrogen-bond acceptors (Lipinski definition) is 4. The van der Waals surface area contributed by atoms with Crippen LogP contribution in [0.1, 0.15) is 5.82 Å². The molecule has 0 aliphatic rings. The topological polar surface area (TPSA) is 102 Å². The van der Waals surface area contributed by atoms with Gasteiger partial charge >= 0.3 is 0 Å².